The molecular weight excluding hydrogens is 487 g/mol. The van der Waals surface area contributed by atoms with Gasteiger partial charge < -0.3 is 0 Å². The SMILES string of the molecule is Clc1ccc(C=Nc2ccc3nc(S[C@@H](c4ccccc4)c4ccc(Cl)cc4)sc3c2)cc1. The van der Waals surface area contributed by atoms with Crippen LogP contribution in [0, 0.1) is 0 Å². The highest BCUT2D eigenvalue weighted by Crippen LogP contribution is 2.43. The number of hydrogen-bond acceptors (Lipinski definition) is 4. The molecule has 0 aliphatic heterocycles. The summed E-state index contributed by atoms with van der Waals surface area (Å²) in [6.45, 7) is 0. The van der Waals surface area contributed by atoms with Crippen molar-refractivity contribution in [1.82, 2.24) is 4.98 Å². The normalized spacial score (nSPS) is 12.4. The number of halogens is 2. The predicted octanol–water partition coefficient (Wildman–Crippen LogP) is 9.24. The molecule has 0 aliphatic rings. The average Bonchev–Trinajstić information content (AvgIpc) is 3.25. The van der Waals surface area contributed by atoms with E-state index in [0.717, 1.165) is 35.9 Å². The van der Waals surface area contributed by atoms with Crippen molar-refractivity contribution < 1.29 is 0 Å². The lowest BCUT2D eigenvalue weighted by atomic mass is 10.0. The largest absolute Gasteiger partial charge is 0.256 e. The molecular formula is C27H18Cl2N2S2. The zero-order valence-corrected chi connectivity index (χ0v) is 20.5. The second kappa shape index (κ2) is 10.1. The Bertz CT molecular complexity index is 1400. The van der Waals surface area contributed by atoms with Crippen LogP contribution >= 0.6 is 46.3 Å². The molecule has 1 heterocycles. The van der Waals surface area contributed by atoms with E-state index in [1.54, 1.807) is 23.1 Å². The standard InChI is InChI=1S/C27H18Cl2N2S2/c28-21-10-6-18(7-11-21)17-30-23-14-15-24-25(16-23)32-27(31-24)33-26(19-4-2-1-3-5-19)20-8-12-22(29)13-9-20/h1-17,26H/t26-/m0/s1. The van der Waals surface area contributed by atoms with Crippen LogP contribution in [0.3, 0.4) is 0 Å². The number of fused-ring (bicyclic) bond motifs is 1. The topological polar surface area (TPSA) is 25.2 Å². The summed E-state index contributed by atoms with van der Waals surface area (Å²) >= 11 is 15.5. The van der Waals surface area contributed by atoms with Crippen molar-refractivity contribution in [2.75, 3.05) is 0 Å². The van der Waals surface area contributed by atoms with E-state index in [9.17, 15) is 0 Å². The second-order valence-corrected chi connectivity index (χ2v) is 10.7. The van der Waals surface area contributed by atoms with E-state index in [1.807, 2.05) is 60.8 Å². The third-order valence-electron chi connectivity index (χ3n) is 5.08. The summed E-state index contributed by atoms with van der Waals surface area (Å²) < 4.78 is 2.14. The smallest absolute Gasteiger partial charge is 0.152 e. The first-order valence-electron chi connectivity index (χ1n) is 10.3. The first-order chi connectivity index (χ1) is 16.1. The number of nitrogens with zero attached hydrogens (tertiary/aromatic N) is 2. The molecule has 0 spiro atoms. The Morgan fingerprint density at radius 2 is 1.45 bits per heavy atom. The van der Waals surface area contributed by atoms with Gasteiger partial charge in [0.15, 0.2) is 4.34 Å². The first kappa shape index (κ1) is 22.2. The van der Waals surface area contributed by atoms with E-state index in [-0.39, 0.29) is 5.25 Å². The van der Waals surface area contributed by atoms with Gasteiger partial charge in [0, 0.05) is 16.3 Å². The highest BCUT2D eigenvalue weighted by molar-refractivity contribution is 8.01. The molecule has 0 amide bonds. The van der Waals surface area contributed by atoms with Crippen molar-refractivity contribution in [3.63, 3.8) is 0 Å². The zero-order valence-electron chi connectivity index (χ0n) is 17.4. The van der Waals surface area contributed by atoms with Crippen LogP contribution in [0.2, 0.25) is 10.0 Å². The fourth-order valence-corrected chi connectivity index (χ4v) is 6.09. The highest BCUT2D eigenvalue weighted by Gasteiger charge is 2.18. The van der Waals surface area contributed by atoms with E-state index >= 15 is 0 Å². The quantitative estimate of drug-likeness (QED) is 0.170. The van der Waals surface area contributed by atoms with E-state index in [1.165, 1.54) is 11.1 Å². The van der Waals surface area contributed by atoms with Gasteiger partial charge in [-0.3, -0.25) is 4.99 Å². The first-order valence-corrected chi connectivity index (χ1v) is 12.8. The minimum absolute atomic E-state index is 0.131. The lowest BCUT2D eigenvalue weighted by Crippen LogP contribution is -1.96. The van der Waals surface area contributed by atoms with E-state index < -0.39 is 0 Å². The Kier molecular flexibility index (Phi) is 6.79. The van der Waals surface area contributed by atoms with Crippen LogP contribution in [0.15, 0.2) is 106 Å². The zero-order chi connectivity index (χ0) is 22.6. The van der Waals surface area contributed by atoms with Crippen LogP contribution in [0.25, 0.3) is 10.2 Å². The molecule has 1 atom stereocenters. The molecule has 5 aromatic rings. The molecule has 4 aromatic carbocycles. The molecule has 5 rings (SSSR count). The minimum atomic E-state index is 0.131. The predicted molar refractivity (Wildman–Crippen MR) is 144 cm³/mol. The molecule has 1 aromatic heterocycles. The van der Waals surface area contributed by atoms with Crippen LogP contribution in [-0.4, -0.2) is 11.2 Å². The molecule has 2 nitrogen and oxygen atoms in total. The van der Waals surface area contributed by atoms with Crippen LogP contribution in [0.4, 0.5) is 5.69 Å². The van der Waals surface area contributed by atoms with E-state index in [2.05, 4.69) is 47.5 Å². The van der Waals surface area contributed by atoms with Gasteiger partial charge in [-0.25, -0.2) is 4.98 Å². The number of benzene rings is 4. The van der Waals surface area contributed by atoms with Gasteiger partial charge in [0.05, 0.1) is 21.2 Å². The summed E-state index contributed by atoms with van der Waals surface area (Å²) in [7, 11) is 0. The van der Waals surface area contributed by atoms with Crippen LogP contribution < -0.4 is 0 Å². The molecule has 0 radical (unpaired) electrons. The summed E-state index contributed by atoms with van der Waals surface area (Å²) in [5.41, 5.74) is 5.32. The van der Waals surface area contributed by atoms with Gasteiger partial charge >= 0.3 is 0 Å². The number of aliphatic imine (C=N–C) groups is 1. The Labute approximate surface area is 210 Å². The van der Waals surface area contributed by atoms with Gasteiger partial charge in [-0.1, -0.05) is 89.6 Å². The molecule has 0 N–H and O–H groups in total. The maximum Gasteiger partial charge on any atom is 0.152 e. The average molecular weight is 505 g/mol. The Morgan fingerprint density at radius 3 is 2.18 bits per heavy atom. The summed E-state index contributed by atoms with van der Waals surface area (Å²) in [5, 5.41) is 1.59. The fraction of sp³-hybridized carbons (Fsp3) is 0.0370. The molecule has 0 bridgehead atoms. The number of rotatable bonds is 6. The van der Waals surface area contributed by atoms with Gasteiger partial charge in [-0.15, -0.1) is 11.3 Å². The molecule has 162 valence electrons. The van der Waals surface area contributed by atoms with Crippen molar-refractivity contribution in [2.24, 2.45) is 4.99 Å². The van der Waals surface area contributed by atoms with Crippen LogP contribution in [0.5, 0.6) is 0 Å². The second-order valence-electron chi connectivity index (χ2n) is 7.40. The molecule has 6 heteroatoms. The van der Waals surface area contributed by atoms with Gasteiger partial charge in [0.2, 0.25) is 0 Å². The third-order valence-corrected chi connectivity index (χ3v) is 8.01. The van der Waals surface area contributed by atoms with Gasteiger partial charge in [0.25, 0.3) is 0 Å². The number of thioether (sulfide) groups is 1. The summed E-state index contributed by atoms with van der Waals surface area (Å²) in [5.74, 6) is 0. The van der Waals surface area contributed by atoms with Crippen molar-refractivity contribution in [3.8, 4) is 0 Å². The monoisotopic (exact) mass is 504 g/mol. The van der Waals surface area contributed by atoms with Crippen molar-refractivity contribution in [2.45, 2.75) is 9.59 Å². The van der Waals surface area contributed by atoms with Gasteiger partial charge in [0.1, 0.15) is 0 Å². The van der Waals surface area contributed by atoms with Crippen molar-refractivity contribution >= 4 is 68.4 Å². The third kappa shape index (κ3) is 5.48. The van der Waals surface area contributed by atoms with E-state index in [4.69, 9.17) is 28.2 Å². The number of thiazole rings is 1. The molecule has 0 fully saturated rings. The van der Waals surface area contributed by atoms with Crippen LogP contribution in [-0.2, 0) is 0 Å². The highest BCUT2D eigenvalue weighted by atomic mass is 35.5. The number of aromatic nitrogens is 1. The maximum atomic E-state index is 6.13. The Hall–Kier alpha value is -2.63. The summed E-state index contributed by atoms with van der Waals surface area (Å²) in [4.78, 5) is 9.50. The maximum absolute atomic E-state index is 6.13. The molecule has 0 saturated heterocycles. The number of hydrogen-bond donors (Lipinski definition) is 0. The Balaban J connectivity index is 1.42. The molecule has 33 heavy (non-hydrogen) atoms. The summed E-state index contributed by atoms with van der Waals surface area (Å²) in [6, 6.07) is 32.3. The van der Waals surface area contributed by atoms with E-state index in [0.29, 0.717) is 0 Å². The lowest BCUT2D eigenvalue weighted by molar-refractivity contribution is 1.14. The lowest BCUT2D eigenvalue weighted by Gasteiger charge is -2.16. The minimum Gasteiger partial charge on any atom is -0.256 e. The van der Waals surface area contributed by atoms with Crippen molar-refractivity contribution in [1.29, 1.82) is 0 Å². The molecule has 0 unspecified atom stereocenters. The van der Waals surface area contributed by atoms with Gasteiger partial charge in [-0.2, -0.15) is 0 Å². The summed E-state index contributed by atoms with van der Waals surface area (Å²) in [6.07, 6.45) is 1.85. The molecule has 0 aliphatic carbocycles. The van der Waals surface area contributed by atoms with Gasteiger partial charge in [-0.05, 0) is 59.2 Å². The fourth-order valence-electron chi connectivity index (χ4n) is 3.42. The Morgan fingerprint density at radius 1 is 0.788 bits per heavy atom. The van der Waals surface area contributed by atoms with Crippen molar-refractivity contribution in [3.05, 3.63) is 124 Å². The molecule has 0 saturated carbocycles. The van der Waals surface area contributed by atoms with Crippen LogP contribution in [0.1, 0.15) is 21.9 Å².